The summed E-state index contributed by atoms with van der Waals surface area (Å²) in [5, 5.41) is 27.1. The van der Waals surface area contributed by atoms with Gasteiger partial charge in [-0.1, -0.05) is 30.2 Å². The molecule has 0 heterocycles. The van der Waals surface area contributed by atoms with Gasteiger partial charge in [-0.3, -0.25) is 0 Å². The van der Waals surface area contributed by atoms with Crippen LogP contribution in [0.4, 0.5) is 0 Å². The lowest BCUT2D eigenvalue weighted by Gasteiger charge is -1.99. The molecule has 1 aromatic rings. The first kappa shape index (κ1) is 12.2. The van der Waals surface area contributed by atoms with Crippen molar-refractivity contribution >= 4 is 11.1 Å². The molecule has 3 nitrogen and oxygen atoms in total. The predicted octanol–water partition coefficient (Wildman–Crippen LogP) is 2.80. The first-order valence-corrected chi connectivity index (χ1v) is 5.49. The van der Waals surface area contributed by atoms with Crippen molar-refractivity contribution in [3.63, 3.8) is 0 Å². The Labute approximate surface area is 111 Å². The van der Waals surface area contributed by atoms with E-state index >= 15 is 0 Å². The molecule has 1 aromatic carbocycles. The molecule has 0 N–H and O–H groups in total. The van der Waals surface area contributed by atoms with Gasteiger partial charge in [0.1, 0.15) is 29.4 Å². The highest BCUT2D eigenvalue weighted by atomic mass is 14.3. The third kappa shape index (κ3) is 1.87. The van der Waals surface area contributed by atoms with Crippen molar-refractivity contribution in [3.8, 4) is 30.6 Å². The van der Waals surface area contributed by atoms with E-state index in [1.807, 2.05) is 42.5 Å². The molecule has 0 amide bonds. The summed E-state index contributed by atoms with van der Waals surface area (Å²) in [6.07, 6.45) is 5.68. The summed E-state index contributed by atoms with van der Waals surface area (Å²) in [5.74, 6) is 2.36. The van der Waals surface area contributed by atoms with E-state index in [4.69, 9.17) is 22.2 Å². The molecule has 0 aliphatic heterocycles. The highest BCUT2D eigenvalue weighted by Gasteiger charge is 2.25. The number of fused-ring (bicyclic) bond motifs is 1. The molecule has 0 saturated carbocycles. The lowest BCUT2D eigenvalue weighted by molar-refractivity contribution is 1.42. The summed E-state index contributed by atoms with van der Waals surface area (Å²) < 4.78 is 0. The lowest BCUT2D eigenvalue weighted by atomic mass is 10.0. The van der Waals surface area contributed by atoms with E-state index in [9.17, 15) is 0 Å². The third-order valence-corrected chi connectivity index (χ3v) is 3.01. The second kappa shape index (κ2) is 4.93. The van der Waals surface area contributed by atoms with Crippen LogP contribution in [-0.4, -0.2) is 0 Å². The van der Waals surface area contributed by atoms with Gasteiger partial charge in [0.05, 0.1) is 0 Å². The van der Waals surface area contributed by atoms with Crippen LogP contribution in [0.3, 0.4) is 0 Å². The average molecular weight is 241 g/mol. The Kier molecular flexibility index (Phi) is 3.16. The largest absolute Gasteiger partial charge is 0.192 e. The summed E-state index contributed by atoms with van der Waals surface area (Å²) >= 11 is 0. The van der Waals surface area contributed by atoms with E-state index in [0.29, 0.717) is 17.6 Å². The lowest BCUT2D eigenvalue weighted by Crippen LogP contribution is -1.83. The van der Waals surface area contributed by atoms with Crippen molar-refractivity contribution in [1.82, 2.24) is 0 Å². The second-order valence-corrected chi connectivity index (χ2v) is 3.91. The minimum Gasteiger partial charge on any atom is -0.192 e. The molecule has 0 saturated heterocycles. The molecule has 1 aliphatic rings. The maximum atomic E-state index is 9.05. The van der Waals surface area contributed by atoms with Gasteiger partial charge in [-0.2, -0.15) is 15.8 Å². The van der Waals surface area contributed by atoms with Crippen LogP contribution < -0.4 is 0 Å². The molecule has 0 aromatic heterocycles. The highest BCUT2D eigenvalue weighted by molar-refractivity contribution is 5.98. The Bertz CT molecular complexity index is 682. The molecule has 0 atom stereocenters. The SMILES string of the molecule is C#C/C(C#N)=C1/CC(=C(C#N)C#N)c2ccccc21. The molecule has 2 rings (SSSR count). The fourth-order valence-electron chi connectivity index (χ4n) is 2.17. The van der Waals surface area contributed by atoms with Gasteiger partial charge in [0.15, 0.2) is 0 Å². The first-order valence-electron chi connectivity index (χ1n) is 5.49. The van der Waals surface area contributed by atoms with Gasteiger partial charge in [0, 0.05) is 6.42 Å². The summed E-state index contributed by atoms with van der Waals surface area (Å²) in [7, 11) is 0. The van der Waals surface area contributed by atoms with Crippen molar-refractivity contribution in [2.45, 2.75) is 6.42 Å². The summed E-state index contributed by atoms with van der Waals surface area (Å²) in [6.45, 7) is 0. The average Bonchev–Trinajstić information content (AvgIpc) is 2.82. The first-order chi connectivity index (χ1) is 9.26. The van der Waals surface area contributed by atoms with E-state index in [0.717, 1.165) is 11.1 Å². The van der Waals surface area contributed by atoms with E-state index in [2.05, 4.69) is 5.92 Å². The standard InChI is InChI=1S/C16H7N3/c1-2-11(8-17)15-7-16(12(9-18)10-19)14-6-4-3-5-13(14)15/h1,3-6H,7H2/b15-11+. The Morgan fingerprint density at radius 1 is 0.895 bits per heavy atom. The number of terminal acetylenes is 1. The molecule has 0 fully saturated rings. The Hall–Kier alpha value is -3.27. The third-order valence-electron chi connectivity index (χ3n) is 3.01. The number of nitriles is 3. The smallest absolute Gasteiger partial charge is 0.133 e. The zero-order valence-corrected chi connectivity index (χ0v) is 9.94. The highest BCUT2D eigenvalue weighted by Crippen LogP contribution is 2.43. The molecule has 3 heteroatoms. The van der Waals surface area contributed by atoms with Crippen LogP contribution in [0.2, 0.25) is 0 Å². The Balaban J connectivity index is 2.82. The van der Waals surface area contributed by atoms with Crippen LogP contribution in [0.5, 0.6) is 0 Å². The van der Waals surface area contributed by atoms with Gasteiger partial charge in [0.25, 0.3) is 0 Å². The topological polar surface area (TPSA) is 71.4 Å². The molecule has 1 aliphatic carbocycles. The van der Waals surface area contributed by atoms with Gasteiger partial charge in [-0.05, 0) is 22.3 Å². The van der Waals surface area contributed by atoms with Crippen LogP contribution in [-0.2, 0) is 0 Å². The Morgan fingerprint density at radius 2 is 1.37 bits per heavy atom. The normalized spacial score (nSPS) is 14.4. The summed E-state index contributed by atoms with van der Waals surface area (Å²) in [5.41, 5.74) is 3.29. The number of allylic oxidation sites excluding steroid dienone is 4. The number of hydrogen-bond donors (Lipinski definition) is 0. The molecule has 0 bridgehead atoms. The summed E-state index contributed by atoms with van der Waals surface area (Å²) in [4.78, 5) is 0. The fraction of sp³-hybridized carbons (Fsp3) is 0.0625. The van der Waals surface area contributed by atoms with Gasteiger partial charge in [-0.15, -0.1) is 6.42 Å². The van der Waals surface area contributed by atoms with Crippen molar-refractivity contribution in [1.29, 1.82) is 15.8 Å². The minimum atomic E-state index is 0.0664. The fourth-order valence-corrected chi connectivity index (χ4v) is 2.17. The van der Waals surface area contributed by atoms with Crippen molar-refractivity contribution in [2.75, 3.05) is 0 Å². The number of benzene rings is 1. The maximum absolute atomic E-state index is 9.05. The molecular formula is C16H7N3. The molecular weight excluding hydrogens is 234 g/mol. The van der Waals surface area contributed by atoms with E-state index in [1.54, 1.807) is 0 Å². The van der Waals surface area contributed by atoms with Crippen LogP contribution in [0, 0.1) is 46.3 Å². The quantitative estimate of drug-likeness (QED) is 0.518. The zero-order chi connectivity index (χ0) is 13.8. The van der Waals surface area contributed by atoms with Gasteiger partial charge < -0.3 is 0 Å². The molecule has 0 radical (unpaired) electrons. The second-order valence-electron chi connectivity index (χ2n) is 3.91. The predicted molar refractivity (Wildman–Crippen MR) is 70.6 cm³/mol. The van der Waals surface area contributed by atoms with Crippen molar-refractivity contribution in [3.05, 3.63) is 46.5 Å². The van der Waals surface area contributed by atoms with Crippen molar-refractivity contribution in [2.24, 2.45) is 0 Å². The van der Waals surface area contributed by atoms with Gasteiger partial charge in [-0.25, -0.2) is 0 Å². The zero-order valence-electron chi connectivity index (χ0n) is 9.94. The Morgan fingerprint density at radius 3 is 1.79 bits per heavy atom. The molecule has 0 spiro atoms. The number of rotatable bonds is 0. The minimum absolute atomic E-state index is 0.0664. The van der Waals surface area contributed by atoms with Crippen molar-refractivity contribution < 1.29 is 0 Å². The molecule has 86 valence electrons. The van der Waals surface area contributed by atoms with Crippen LogP contribution in [0.15, 0.2) is 35.4 Å². The van der Waals surface area contributed by atoms with Gasteiger partial charge in [0.2, 0.25) is 0 Å². The van der Waals surface area contributed by atoms with Crippen LogP contribution >= 0.6 is 0 Å². The molecule has 19 heavy (non-hydrogen) atoms. The van der Waals surface area contributed by atoms with Crippen LogP contribution in [0.25, 0.3) is 11.1 Å². The summed E-state index contributed by atoms with van der Waals surface area (Å²) in [6, 6.07) is 13.1. The number of hydrogen-bond acceptors (Lipinski definition) is 3. The van der Waals surface area contributed by atoms with Crippen LogP contribution in [0.1, 0.15) is 17.5 Å². The monoisotopic (exact) mass is 241 g/mol. The molecule has 0 unspecified atom stereocenters. The maximum Gasteiger partial charge on any atom is 0.133 e. The number of nitrogens with zero attached hydrogens (tertiary/aromatic N) is 3. The van der Waals surface area contributed by atoms with E-state index < -0.39 is 0 Å². The van der Waals surface area contributed by atoms with E-state index in [-0.39, 0.29) is 11.1 Å². The van der Waals surface area contributed by atoms with Gasteiger partial charge >= 0.3 is 0 Å². The van der Waals surface area contributed by atoms with E-state index in [1.165, 1.54) is 0 Å².